The van der Waals surface area contributed by atoms with Crippen LogP contribution in [-0.4, -0.2) is 22.3 Å². The lowest BCUT2D eigenvalue weighted by Gasteiger charge is -2.16. The highest BCUT2D eigenvalue weighted by molar-refractivity contribution is 6.30. The highest BCUT2D eigenvalue weighted by Gasteiger charge is 2.11. The van der Waals surface area contributed by atoms with Crippen molar-refractivity contribution in [3.05, 3.63) is 23.5 Å². The Morgan fingerprint density at radius 1 is 1.50 bits per heavy atom. The lowest BCUT2D eigenvalue weighted by molar-refractivity contribution is 0.0553. The van der Waals surface area contributed by atoms with Crippen molar-refractivity contribution < 1.29 is 9.84 Å². The van der Waals surface area contributed by atoms with E-state index in [0.29, 0.717) is 23.8 Å². The fraction of sp³-hybridized carbons (Fsp3) is 0.500. The summed E-state index contributed by atoms with van der Waals surface area (Å²) in [5, 5.41) is 9.98. The second kappa shape index (κ2) is 4.62. The van der Waals surface area contributed by atoms with Crippen LogP contribution in [0.1, 0.15) is 20.3 Å². The number of hydrogen-bond donors (Lipinski definition) is 1. The third-order valence-corrected chi connectivity index (χ3v) is 1.87. The van der Waals surface area contributed by atoms with E-state index in [1.807, 2.05) is 0 Å². The van der Waals surface area contributed by atoms with E-state index in [1.165, 1.54) is 0 Å². The molecule has 1 heterocycles. The van der Waals surface area contributed by atoms with Gasteiger partial charge in [-0.15, -0.1) is 0 Å². The van der Waals surface area contributed by atoms with Gasteiger partial charge in [-0.1, -0.05) is 11.6 Å². The lowest BCUT2D eigenvalue weighted by atomic mass is 10.1. The molecule has 0 aliphatic rings. The van der Waals surface area contributed by atoms with Crippen molar-refractivity contribution in [2.45, 2.75) is 25.9 Å². The zero-order chi connectivity index (χ0) is 10.6. The molecule has 0 atom stereocenters. The van der Waals surface area contributed by atoms with Gasteiger partial charge in [0.05, 0.1) is 23.4 Å². The fourth-order valence-electron chi connectivity index (χ4n) is 0.890. The van der Waals surface area contributed by atoms with Gasteiger partial charge in [-0.25, -0.2) is 0 Å². The zero-order valence-electron chi connectivity index (χ0n) is 8.33. The molecule has 0 saturated heterocycles. The quantitative estimate of drug-likeness (QED) is 0.838. The molecule has 0 unspecified atom stereocenters. The van der Waals surface area contributed by atoms with Gasteiger partial charge in [0.25, 0.3) is 0 Å². The van der Waals surface area contributed by atoms with Gasteiger partial charge < -0.3 is 9.84 Å². The summed E-state index contributed by atoms with van der Waals surface area (Å²) in [6.07, 6.45) is 3.71. The highest BCUT2D eigenvalue weighted by atomic mass is 35.5. The first-order chi connectivity index (χ1) is 6.47. The van der Waals surface area contributed by atoms with Gasteiger partial charge in [0, 0.05) is 18.7 Å². The maximum atomic E-state index is 9.43. The van der Waals surface area contributed by atoms with Crippen LogP contribution in [0.4, 0.5) is 0 Å². The summed E-state index contributed by atoms with van der Waals surface area (Å²) >= 11 is 5.72. The van der Waals surface area contributed by atoms with Crippen LogP contribution in [0.15, 0.2) is 18.5 Å². The average molecular weight is 216 g/mol. The largest absolute Gasteiger partial charge is 0.492 e. The van der Waals surface area contributed by atoms with Gasteiger partial charge in [-0.3, -0.25) is 4.98 Å². The summed E-state index contributed by atoms with van der Waals surface area (Å²) in [5.74, 6) is 0.627. The van der Waals surface area contributed by atoms with Crippen molar-refractivity contribution >= 4 is 11.6 Å². The van der Waals surface area contributed by atoms with E-state index in [4.69, 9.17) is 16.3 Å². The molecule has 1 N–H and O–H groups in total. The predicted molar refractivity (Wildman–Crippen MR) is 55.7 cm³/mol. The molecule has 0 aliphatic carbocycles. The molecule has 1 rings (SSSR count). The number of ether oxygens (including phenoxy) is 1. The summed E-state index contributed by atoms with van der Waals surface area (Å²) in [6, 6.07) is 1.69. The first-order valence-electron chi connectivity index (χ1n) is 4.43. The van der Waals surface area contributed by atoms with Gasteiger partial charge in [-0.05, 0) is 13.8 Å². The molecule has 1 aromatic rings. The molecule has 14 heavy (non-hydrogen) atoms. The molecule has 1 aromatic heterocycles. The topological polar surface area (TPSA) is 42.4 Å². The number of aromatic nitrogens is 1. The van der Waals surface area contributed by atoms with Crippen LogP contribution in [0.2, 0.25) is 5.02 Å². The standard InChI is InChI=1S/C10H14ClNO2/c1-10(2,13)3-4-14-9-5-8(11)6-12-7-9/h5-7,13H,3-4H2,1-2H3. The van der Waals surface area contributed by atoms with Crippen molar-refractivity contribution in [2.24, 2.45) is 0 Å². The van der Waals surface area contributed by atoms with Crippen molar-refractivity contribution in [3.8, 4) is 5.75 Å². The van der Waals surface area contributed by atoms with Crippen molar-refractivity contribution in [1.82, 2.24) is 4.98 Å². The molecule has 0 fully saturated rings. The van der Waals surface area contributed by atoms with Gasteiger partial charge in [0.1, 0.15) is 5.75 Å². The van der Waals surface area contributed by atoms with Gasteiger partial charge >= 0.3 is 0 Å². The number of rotatable bonds is 4. The highest BCUT2D eigenvalue weighted by Crippen LogP contribution is 2.16. The molecular weight excluding hydrogens is 202 g/mol. The van der Waals surface area contributed by atoms with E-state index in [2.05, 4.69) is 4.98 Å². The molecule has 78 valence electrons. The Morgan fingerprint density at radius 3 is 2.79 bits per heavy atom. The third kappa shape index (κ3) is 4.44. The van der Waals surface area contributed by atoms with Crippen LogP contribution < -0.4 is 4.74 Å². The van der Waals surface area contributed by atoms with Crippen molar-refractivity contribution in [2.75, 3.05) is 6.61 Å². The molecule has 0 bridgehead atoms. The van der Waals surface area contributed by atoms with E-state index in [1.54, 1.807) is 32.3 Å². The van der Waals surface area contributed by atoms with Crippen LogP contribution in [0.3, 0.4) is 0 Å². The Kier molecular flexibility index (Phi) is 3.72. The summed E-state index contributed by atoms with van der Waals surface area (Å²) in [6.45, 7) is 3.94. The van der Waals surface area contributed by atoms with E-state index < -0.39 is 5.60 Å². The summed E-state index contributed by atoms with van der Waals surface area (Å²) < 4.78 is 5.36. The van der Waals surface area contributed by atoms with Crippen molar-refractivity contribution in [3.63, 3.8) is 0 Å². The van der Waals surface area contributed by atoms with Crippen LogP contribution in [0, 0.1) is 0 Å². The van der Waals surface area contributed by atoms with Crippen LogP contribution >= 0.6 is 11.6 Å². The van der Waals surface area contributed by atoms with Gasteiger partial charge in [0.2, 0.25) is 0 Å². The first kappa shape index (κ1) is 11.3. The Bertz CT molecular complexity index is 296. The van der Waals surface area contributed by atoms with Crippen LogP contribution in [0.25, 0.3) is 0 Å². The third-order valence-electron chi connectivity index (χ3n) is 1.66. The van der Waals surface area contributed by atoms with E-state index in [0.717, 1.165) is 0 Å². The van der Waals surface area contributed by atoms with E-state index in [-0.39, 0.29) is 0 Å². The molecule has 0 saturated carbocycles. The molecule has 0 spiro atoms. The molecule has 3 nitrogen and oxygen atoms in total. The number of hydrogen-bond acceptors (Lipinski definition) is 3. The molecule has 0 radical (unpaired) electrons. The minimum atomic E-state index is -0.702. The monoisotopic (exact) mass is 215 g/mol. The predicted octanol–water partition coefficient (Wildman–Crippen LogP) is 2.27. The molecule has 0 amide bonds. The maximum absolute atomic E-state index is 9.43. The summed E-state index contributed by atoms with van der Waals surface area (Å²) in [7, 11) is 0. The second-order valence-corrected chi connectivity index (χ2v) is 4.19. The Balaban J connectivity index is 2.39. The second-order valence-electron chi connectivity index (χ2n) is 3.75. The minimum absolute atomic E-state index is 0.450. The number of halogens is 1. The minimum Gasteiger partial charge on any atom is -0.492 e. The molecule has 0 aromatic carbocycles. The van der Waals surface area contributed by atoms with Gasteiger partial charge in [-0.2, -0.15) is 0 Å². The Morgan fingerprint density at radius 2 is 2.21 bits per heavy atom. The summed E-state index contributed by atoms with van der Waals surface area (Å²) in [5.41, 5.74) is -0.702. The first-order valence-corrected chi connectivity index (χ1v) is 4.81. The molecular formula is C10H14ClNO2. The number of pyridine rings is 1. The maximum Gasteiger partial charge on any atom is 0.139 e. The van der Waals surface area contributed by atoms with E-state index >= 15 is 0 Å². The van der Waals surface area contributed by atoms with Crippen LogP contribution in [0.5, 0.6) is 5.75 Å². The van der Waals surface area contributed by atoms with E-state index in [9.17, 15) is 5.11 Å². The zero-order valence-corrected chi connectivity index (χ0v) is 9.08. The smallest absolute Gasteiger partial charge is 0.139 e. The Labute approximate surface area is 88.7 Å². The lowest BCUT2D eigenvalue weighted by Crippen LogP contribution is -2.21. The SMILES string of the molecule is CC(C)(O)CCOc1cncc(Cl)c1. The average Bonchev–Trinajstić information content (AvgIpc) is 2.01. The Hall–Kier alpha value is -0.800. The number of nitrogens with zero attached hydrogens (tertiary/aromatic N) is 1. The van der Waals surface area contributed by atoms with Gasteiger partial charge in [0.15, 0.2) is 0 Å². The molecule has 4 heteroatoms. The normalized spacial score (nSPS) is 11.4. The number of aliphatic hydroxyl groups is 1. The molecule has 0 aliphatic heterocycles. The van der Waals surface area contributed by atoms with Crippen molar-refractivity contribution in [1.29, 1.82) is 0 Å². The fourth-order valence-corrected chi connectivity index (χ4v) is 1.05. The van der Waals surface area contributed by atoms with Crippen LogP contribution in [-0.2, 0) is 0 Å². The summed E-state index contributed by atoms with van der Waals surface area (Å²) in [4.78, 5) is 3.88.